The molecule has 1 fully saturated rings. The molecule has 0 spiro atoms. The summed E-state index contributed by atoms with van der Waals surface area (Å²) in [6, 6.07) is 6.08. The fourth-order valence-corrected chi connectivity index (χ4v) is 3.06. The number of aryl methyl sites for hydroxylation is 1. The van der Waals surface area contributed by atoms with Gasteiger partial charge in [-0.15, -0.1) is 11.8 Å². The molecule has 0 radical (unpaired) electrons. The Labute approximate surface area is 106 Å². The summed E-state index contributed by atoms with van der Waals surface area (Å²) in [6.45, 7) is 2.90. The highest BCUT2D eigenvalue weighted by molar-refractivity contribution is 7.99. The normalized spacial score (nSPS) is 19.5. The molecule has 1 saturated heterocycles. The predicted octanol–water partition coefficient (Wildman–Crippen LogP) is 2.55. The smallest absolute Gasteiger partial charge is 0.123 e. The van der Waals surface area contributed by atoms with Gasteiger partial charge in [-0.05, 0) is 31.9 Å². The molecule has 4 heteroatoms. The van der Waals surface area contributed by atoms with Gasteiger partial charge in [0.25, 0.3) is 0 Å². The number of hydrogen-bond acceptors (Lipinski definition) is 3. The number of ether oxygens (including phenoxy) is 1. The standard InChI is InChI=1S/C13H18N2OS/c1-9-4-5-12(11(7-9)13(14)15)17-8-10-3-2-6-16-10/h4-5,7,10H,2-3,6,8H2,1H3,(H3,14,15). The highest BCUT2D eigenvalue weighted by atomic mass is 32.2. The molecule has 0 bridgehead atoms. The summed E-state index contributed by atoms with van der Waals surface area (Å²) in [7, 11) is 0. The molecule has 3 N–H and O–H groups in total. The molecule has 17 heavy (non-hydrogen) atoms. The molecule has 2 rings (SSSR count). The van der Waals surface area contributed by atoms with Crippen LogP contribution in [0, 0.1) is 12.3 Å². The van der Waals surface area contributed by atoms with Crippen LogP contribution in [0.3, 0.4) is 0 Å². The van der Waals surface area contributed by atoms with Crippen molar-refractivity contribution < 1.29 is 4.74 Å². The van der Waals surface area contributed by atoms with Crippen molar-refractivity contribution in [3.63, 3.8) is 0 Å². The molecule has 0 amide bonds. The van der Waals surface area contributed by atoms with Crippen LogP contribution in [0.4, 0.5) is 0 Å². The summed E-state index contributed by atoms with van der Waals surface area (Å²) >= 11 is 1.74. The summed E-state index contributed by atoms with van der Waals surface area (Å²) in [4.78, 5) is 1.08. The number of nitrogens with two attached hydrogens (primary N) is 1. The van der Waals surface area contributed by atoms with Gasteiger partial charge < -0.3 is 10.5 Å². The van der Waals surface area contributed by atoms with Crippen molar-refractivity contribution in [3.8, 4) is 0 Å². The molecule has 1 aromatic rings. The topological polar surface area (TPSA) is 59.1 Å². The first-order valence-electron chi connectivity index (χ1n) is 5.86. The lowest BCUT2D eigenvalue weighted by Gasteiger charge is -2.12. The SMILES string of the molecule is Cc1ccc(SCC2CCCO2)c(C(=N)N)c1. The second kappa shape index (κ2) is 5.56. The quantitative estimate of drug-likeness (QED) is 0.490. The Balaban J connectivity index is 2.06. The number of nitrogens with one attached hydrogen (secondary N) is 1. The van der Waals surface area contributed by atoms with E-state index in [2.05, 4.69) is 6.07 Å². The van der Waals surface area contributed by atoms with Crippen molar-refractivity contribution in [3.05, 3.63) is 29.3 Å². The molecule has 1 aliphatic heterocycles. The van der Waals surface area contributed by atoms with E-state index in [-0.39, 0.29) is 5.84 Å². The van der Waals surface area contributed by atoms with Crippen molar-refractivity contribution in [1.82, 2.24) is 0 Å². The monoisotopic (exact) mass is 250 g/mol. The number of rotatable bonds is 4. The van der Waals surface area contributed by atoms with E-state index in [1.54, 1.807) is 11.8 Å². The zero-order valence-electron chi connectivity index (χ0n) is 10.0. The van der Waals surface area contributed by atoms with E-state index in [1.807, 2.05) is 19.1 Å². The summed E-state index contributed by atoms with van der Waals surface area (Å²) in [5.74, 6) is 1.09. The molecule has 1 aliphatic rings. The van der Waals surface area contributed by atoms with Gasteiger partial charge in [0, 0.05) is 22.8 Å². The van der Waals surface area contributed by atoms with Crippen LogP contribution in [0.1, 0.15) is 24.0 Å². The second-order valence-electron chi connectivity index (χ2n) is 4.36. The minimum Gasteiger partial charge on any atom is -0.384 e. The van der Waals surface area contributed by atoms with E-state index >= 15 is 0 Å². The van der Waals surface area contributed by atoms with Gasteiger partial charge in [-0.3, -0.25) is 5.41 Å². The van der Waals surface area contributed by atoms with Gasteiger partial charge in [0.05, 0.1) is 6.10 Å². The maximum atomic E-state index is 7.59. The molecule has 0 aliphatic carbocycles. The van der Waals surface area contributed by atoms with Crippen molar-refractivity contribution in [2.45, 2.75) is 30.8 Å². The van der Waals surface area contributed by atoms with E-state index < -0.39 is 0 Å². The minimum absolute atomic E-state index is 0.142. The Morgan fingerprint density at radius 1 is 1.59 bits per heavy atom. The van der Waals surface area contributed by atoms with E-state index in [1.165, 1.54) is 6.42 Å². The highest BCUT2D eigenvalue weighted by Gasteiger charge is 2.16. The van der Waals surface area contributed by atoms with Crippen LogP contribution < -0.4 is 5.73 Å². The summed E-state index contributed by atoms with van der Waals surface area (Å²) < 4.78 is 5.59. The van der Waals surface area contributed by atoms with E-state index in [4.69, 9.17) is 15.9 Å². The van der Waals surface area contributed by atoms with Gasteiger partial charge in [0.2, 0.25) is 0 Å². The van der Waals surface area contributed by atoms with Gasteiger partial charge >= 0.3 is 0 Å². The Morgan fingerprint density at radius 3 is 3.06 bits per heavy atom. The van der Waals surface area contributed by atoms with Gasteiger partial charge in [-0.2, -0.15) is 0 Å². The van der Waals surface area contributed by atoms with Crippen molar-refractivity contribution in [2.24, 2.45) is 5.73 Å². The lowest BCUT2D eigenvalue weighted by molar-refractivity contribution is 0.129. The maximum absolute atomic E-state index is 7.59. The van der Waals surface area contributed by atoms with Crippen LogP contribution in [0.25, 0.3) is 0 Å². The molecule has 1 atom stereocenters. The maximum Gasteiger partial charge on any atom is 0.123 e. The molecule has 1 unspecified atom stereocenters. The average Bonchev–Trinajstić information content (AvgIpc) is 2.80. The molecule has 3 nitrogen and oxygen atoms in total. The zero-order chi connectivity index (χ0) is 12.3. The molecular weight excluding hydrogens is 232 g/mol. The first-order valence-corrected chi connectivity index (χ1v) is 6.85. The number of thioether (sulfide) groups is 1. The van der Waals surface area contributed by atoms with Crippen molar-refractivity contribution in [1.29, 1.82) is 5.41 Å². The largest absolute Gasteiger partial charge is 0.384 e. The van der Waals surface area contributed by atoms with Crippen LogP contribution in [0.5, 0.6) is 0 Å². The van der Waals surface area contributed by atoms with E-state index in [0.29, 0.717) is 6.10 Å². The first kappa shape index (κ1) is 12.5. The third-order valence-corrected chi connectivity index (χ3v) is 4.08. The zero-order valence-corrected chi connectivity index (χ0v) is 10.8. The number of hydrogen-bond donors (Lipinski definition) is 2. The van der Waals surface area contributed by atoms with Crippen molar-refractivity contribution >= 4 is 17.6 Å². The molecular formula is C13H18N2OS. The fourth-order valence-electron chi connectivity index (χ4n) is 1.94. The predicted molar refractivity (Wildman–Crippen MR) is 71.9 cm³/mol. The van der Waals surface area contributed by atoms with Crippen LogP contribution in [-0.4, -0.2) is 24.3 Å². The number of nitrogen functional groups attached to an aromatic ring is 1. The summed E-state index contributed by atoms with van der Waals surface area (Å²) in [6.07, 6.45) is 2.67. The van der Waals surface area contributed by atoms with Gasteiger partial charge in [-0.25, -0.2) is 0 Å². The minimum atomic E-state index is 0.142. The average molecular weight is 250 g/mol. The Kier molecular flexibility index (Phi) is 4.07. The first-order chi connectivity index (χ1) is 8.16. The Hall–Kier alpha value is -1.00. The van der Waals surface area contributed by atoms with E-state index in [9.17, 15) is 0 Å². The van der Waals surface area contributed by atoms with Crippen LogP contribution in [-0.2, 0) is 4.74 Å². The molecule has 0 saturated carbocycles. The summed E-state index contributed by atoms with van der Waals surface area (Å²) in [5.41, 5.74) is 7.58. The number of benzene rings is 1. The molecule has 1 aromatic carbocycles. The third-order valence-electron chi connectivity index (χ3n) is 2.87. The molecule has 1 heterocycles. The third kappa shape index (κ3) is 3.23. The fraction of sp³-hybridized carbons (Fsp3) is 0.462. The lowest BCUT2D eigenvalue weighted by atomic mass is 10.1. The lowest BCUT2D eigenvalue weighted by Crippen LogP contribution is -2.14. The molecule has 0 aromatic heterocycles. The molecule has 92 valence electrons. The van der Waals surface area contributed by atoms with Gasteiger partial charge in [-0.1, -0.05) is 11.6 Å². The Morgan fingerprint density at radius 2 is 2.41 bits per heavy atom. The van der Waals surface area contributed by atoms with Crippen LogP contribution >= 0.6 is 11.8 Å². The van der Waals surface area contributed by atoms with Crippen LogP contribution in [0.15, 0.2) is 23.1 Å². The van der Waals surface area contributed by atoms with Crippen molar-refractivity contribution in [2.75, 3.05) is 12.4 Å². The highest BCUT2D eigenvalue weighted by Crippen LogP contribution is 2.27. The van der Waals surface area contributed by atoms with E-state index in [0.717, 1.165) is 34.8 Å². The van der Waals surface area contributed by atoms with Gasteiger partial charge in [0.15, 0.2) is 0 Å². The number of amidine groups is 1. The van der Waals surface area contributed by atoms with Crippen LogP contribution in [0.2, 0.25) is 0 Å². The second-order valence-corrected chi connectivity index (χ2v) is 5.42. The summed E-state index contributed by atoms with van der Waals surface area (Å²) in [5, 5.41) is 7.59. The van der Waals surface area contributed by atoms with Gasteiger partial charge in [0.1, 0.15) is 5.84 Å². The Bertz CT molecular complexity index is 414.